The molecule has 0 unspecified atom stereocenters. The lowest BCUT2D eigenvalue weighted by atomic mass is 10.0. The second-order valence-electron chi connectivity index (χ2n) is 6.63. The van der Waals surface area contributed by atoms with Crippen molar-refractivity contribution in [2.45, 2.75) is 36.0 Å². The molecule has 1 heterocycles. The van der Waals surface area contributed by atoms with Crippen LogP contribution in [-0.4, -0.2) is 34.7 Å². The van der Waals surface area contributed by atoms with Crippen molar-refractivity contribution in [2.24, 2.45) is 0 Å². The van der Waals surface area contributed by atoms with Crippen LogP contribution in [0.5, 0.6) is 5.75 Å². The average molecular weight is 466 g/mol. The lowest BCUT2D eigenvalue weighted by Crippen LogP contribution is -2.50. The molecule has 0 aromatic heterocycles. The van der Waals surface area contributed by atoms with Crippen LogP contribution in [0.1, 0.15) is 17.5 Å². The van der Waals surface area contributed by atoms with E-state index >= 15 is 0 Å². The summed E-state index contributed by atoms with van der Waals surface area (Å²) in [4.78, 5) is -0.252. The molecule has 1 aliphatic heterocycles. The van der Waals surface area contributed by atoms with Crippen molar-refractivity contribution in [2.75, 3.05) is 6.61 Å². The highest BCUT2D eigenvalue weighted by molar-refractivity contribution is 7.87. The average Bonchev–Trinajstić information content (AvgIpc) is 2.66. The third-order valence-corrected chi connectivity index (χ3v) is 6.70. The Morgan fingerprint density at radius 2 is 1.67 bits per heavy atom. The highest BCUT2D eigenvalue weighted by Gasteiger charge is 2.54. The zero-order valence-corrected chi connectivity index (χ0v) is 17.2. The van der Waals surface area contributed by atoms with Gasteiger partial charge >= 0.3 is 15.6 Å². The van der Waals surface area contributed by atoms with E-state index in [0.29, 0.717) is 5.56 Å². The van der Waals surface area contributed by atoms with Gasteiger partial charge in [0.2, 0.25) is 0 Å². The summed E-state index contributed by atoms with van der Waals surface area (Å²) >= 11 is 0. The van der Waals surface area contributed by atoms with Crippen LogP contribution in [0.2, 0.25) is 0 Å². The topological polar surface area (TPSA) is 96.0 Å². The fourth-order valence-electron chi connectivity index (χ4n) is 2.76. The van der Waals surface area contributed by atoms with Crippen molar-refractivity contribution in [1.29, 1.82) is 0 Å². The predicted molar refractivity (Wildman–Crippen MR) is 98.5 cm³/mol. The molecule has 30 heavy (non-hydrogen) atoms. The van der Waals surface area contributed by atoms with E-state index in [4.69, 9.17) is 8.92 Å². The zero-order valence-electron chi connectivity index (χ0n) is 15.5. The van der Waals surface area contributed by atoms with Crippen molar-refractivity contribution in [3.8, 4) is 5.75 Å². The highest BCUT2D eigenvalue weighted by atomic mass is 32.2. The number of fused-ring (bicyclic) bond motifs is 1. The van der Waals surface area contributed by atoms with Crippen LogP contribution >= 0.6 is 0 Å². The molecule has 0 fully saturated rings. The Hall–Kier alpha value is -2.15. The maximum Gasteiger partial charge on any atom is 0.523 e. The quantitative estimate of drug-likeness (QED) is 0.476. The summed E-state index contributed by atoms with van der Waals surface area (Å²) in [5, 5.41) is 0. The molecule has 1 atom stereocenters. The molecule has 7 nitrogen and oxygen atoms in total. The number of hydrogen-bond acceptors (Lipinski definition) is 7. The lowest BCUT2D eigenvalue weighted by molar-refractivity contribution is -0.159. The van der Waals surface area contributed by atoms with Gasteiger partial charge in [-0.1, -0.05) is 35.9 Å². The van der Waals surface area contributed by atoms with E-state index in [1.807, 2.05) is 0 Å². The van der Waals surface area contributed by atoms with E-state index in [1.165, 1.54) is 36.4 Å². The number of hydrogen-bond donors (Lipinski definition) is 0. The van der Waals surface area contributed by atoms with Gasteiger partial charge in [-0.3, -0.25) is 4.18 Å². The maximum absolute atomic E-state index is 12.9. The monoisotopic (exact) mass is 466 g/mol. The fourth-order valence-corrected chi connectivity index (χ4v) is 4.36. The molecule has 2 aromatic rings. The molecule has 0 amide bonds. The van der Waals surface area contributed by atoms with Crippen LogP contribution < -0.4 is 4.74 Å². The van der Waals surface area contributed by atoms with E-state index in [0.717, 1.165) is 5.56 Å². The van der Waals surface area contributed by atoms with Crippen molar-refractivity contribution in [3.63, 3.8) is 0 Å². The molecule has 0 radical (unpaired) electrons. The predicted octanol–water partition coefficient (Wildman–Crippen LogP) is 3.29. The molecule has 3 rings (SSSR count). The van der Waals surface area contributed by atoms with Gasteiger partial charge in [0.25, 0.3) is 15.9 Å². The number of rotatable bonds is 6. The molecule has 0 saturated heterocycles. The standard InChI is InChI=1S/C18H17F3O7S2/c1-13-6-8-15(9-7-13)29(22,23)26-12-17(28-30(24,25)18(19,20)21)11-10-14-4-2-3-5-16(14)27-17/h2-9H,10-12H2,1H3/t17-/m0/s1. The van der Waals surface area contributed by atoms with E-state index in [1.54, 1.807) is 19.1 Å². The van der Waals surface area contributed by atoms with Gasteiger partial charge in [0.15, 0.2) is 0 Å². The van der Waals surface area contributed by atoms with Crippen molar-refractivity contribution >= 4 is 20.2 Å². The van der Waals surface area contributed by atoms with Crippen LogP contribution in [0.25, 0.3) is 0 Å². The first-order valence-corrected chi connectivity index (χ1v) is 11.4. The molecule has 0 saturated carbocycles. The Labute approximate surface area is 171 Å². The van der Waals surface area contributed by atoms with Gasteiger partial charge in [-0.15, -0.1) is 0 Å². The molecule has 0 spiro atoms. The summed E-state index contributed by atoms with van der Waals surface area (Å²) in [6.45, 7) is 0.627. The second kappa shape index (κ2) is 7.84. The number of ether oxygens (including phenoxy) is 1. The van der Waals surface area contributed by atoms with Crippen molar-refractivity contribution < 1.29 is 43.1 Å². The summed E-state index contributed by atoms with van der Waals surface area (Å²) in [6, 6.07) is 11.7. The Kier molecular flexibility index (Phi) is 5.89. The van der Waals surface area contributed by atoms with Crippen LogP contribution in [0, 0.1) is 6.92 Å². The van der Waals surface area contributed by atoms with E-state index in [2.05, 4.69) is 4.18 Å². The molecule has 1 aliphatic rings. The minimum atomic E-state index is -6.10. The molecule has 0 aliphatic carbocycles. The molecular weight excluding hydrogens is 449 g/mol. The minimum absolute atomic E-state index is 0.0671. The third kappa shape index (κ3) is 4.77. The van der Waals surface area contributed by atoms with E-state index in [-0.39, 0.29) is 23.5 Å². The number of benzene rings is 2. The van der Waals surface area contributed by atoms with Gasteiger partial charge in [-0.2, -0.15) is 30.0 Å². The molecule has 0 N–H and O–H groups in total. The fraction of sp³-hybridized carbons (Fsp3) is 0.333. The first-order valence-electron chi connectivity index (χ1n) is 8.59. The zero-order chi connectivity index (χ0) is 22.2. The number of alkyl halides is 3. The van der Waals surface area contributed by atoms with Gasteiger partial charge in [0.1, 0.15) is 12.4 Å². The minimum Gasteiger partial charge on any atom is -0.458 e. The molecule has 164 valence electrons. The van der Waals surface area contributed by atoms with Gasteiger partial charge in [0.05, 0.1) is 4.90 Å². The third-order valence-electron chi connectivity index (χ3n) is 4.33. The largest absolute Gasteiger partial charge is 0.523 e. The van der Waals surface area contributed by atoms with Crippen molar-refractivity contribution in [3.05, 3.63) is 59.7 Å². The normalized spacial score (nSPS) is 19.7. The Bertz CT molecular complexity index is 1130. The summed E-state index contributed by atoms with van der Waals surface area (Å²) in [5.41, 5.74) is -4.35. The lowest BCUT2D eigenvalue weighted by Gasteiger charge is -2.36. The SMILES string of the molecule is Cc1ccc(S(=O)(=O)OC[C@@]2(OS(=O)(=O)C(F)(F)F)CCc3ccccc3O2)cc1. The van der Waals surface area contributed by atoms with Crippen LogP contribution in [0.3, 0.4) is 0 Å². The van der Waals surface area contributed by atoms with Crippen LogP contribution in [0.4, 0.5) is 13.2 Å². The number of aryl methyl sites for hydroxylation is 2. The highest BCUT2D eigenvalue weighted by Crippen LogP contribution is 2.38. The van der Waals surface area contributed by atoms with Crippen molar-refractivity contribution in [1.82, 2.24) is 0 Å². The molecule has 0 bridgehead atoms. The first kappa shape index (κ1) is 22.5. The van der Waals surface area contributed by atoms with E-state index in [9.17, 15) is 30.0 Å². The summed E-state index contributed by atoms with van der Waals surface area (Å²) in [5.74, 6) is -2.45. The Balaban J connectivity index is 1.92. The number of halogens is 3. The summed E-state index contributed by atoms with van der Waals surface area (Å²) in [7, 11) is -10.5. The smallest absolute Gasteiger partial charge is 0.458 e. The first-order chi connectivity index (χ1) is 13.8. The van der Waals surface area contributed by atoms with Crippen LogP contribution in [0.15, 0.2) is 53.4 Å². The summed E-state index contributed by atoms with van der Waals surface area (Å²) in [6.07, 6.45) is -0.305. The van der Waals surface area contributed by atoms with Gasteiger partial charge in [-0.05, 0) is 37.1 Å². The molecule has 2 aromatic carbocycles. The van der Waals surface area contributed by atoms with E-state index < -0.39 is 38.1 Å². The Morgan fingerprint density at radius 1 is 1.03 bits per heavy atom. The number of para-hydroxylation sites is 1. The molecular formula is C18H17F3O7S2. The second-order valence-corrected chi connectivity index (χ2v) is 9.79. The molecule has 12 heteroatoms. The van der Waals surface area contributed by atoms with Gasteiger partial charge in [-0.25, -0.2) is 4.18 Å². The van der Waals surface area contributed by atoms with Gasteiger partial charge in [0, 0.05) is 6.42 Å². The van der Waals surface area contributed by atoms with Gasteiger partial charge < -0.3 is 4.74 Å². The summed E-state index contributed by atoms with van der Waals surface area (Å²) < 4.78 is 101. The Morgan fingerprint density at radius 3 is 2.30 bits per heavy atom. The van der Waals surface area contributed by atoms with Crippen LogP contribution in [-0.2, 0) is 35.0 Å². The maximum atomic E-state index is 12.9.